The van der Waals surface area contributed by atoms with Crippen LogP contribution in [0.5, 0.6) is 0 Å². The Kier molecular flexibility index (Phi) is 5.30. The number of nitrogens with zero attached hydrogens (tertiary/aromatic N) is 2. The molecule has 8 nitrogen and oxygen atoms in total. The summed E-state index contributed by atoms with van der Waals surface area (Å²) in [6.45, 7) is 1.57. The number of aromatic nitrogens is 2. The molecule has 2 heterocycles. The lowest BCUT2D eigenvalue weighted by Gasteiger charge is -2.18. The van der Waals surface area contributed by atoms with E-state index < -0.39 is 36.8 Å². The number of nitrogen functional groups attached to an aromatic ring is 1. The molecule has 0 saturated carbocycles. The van der Waals surface area contributed by atoms with E-state index in [1.807, 2.05) is 13.0 Å². The summed E-state index contributed by atoms with van der Waals surface area (Å²) in [4.78, 5) is 15.7. The Hall–Kier alpha value is -1.74. The van der Waals surface area contributed by atoms with E-state index in [1.165, 1.54) is 6.20 Å². The molecule has 5 N–H and O–H groups in total. The Morgan fingerprint density at radius 2 is 2.18 bits per heavy atom. The Balaban J connectivity index is 2.35. The monoisotopic (exact) mass is 311 g/mol. The first-order valence-corrected chi connectivity index (χ1v) is 7.17. The molecule has 1 aliphatic rings. The zero-order valence-corrected chi connectivity index (χ0v) is 12.3. The summed E-state index contributed by atoms with van der Waals surface area (Å²) in [7, 11) is 0. The molecule has 8 heteroatoms. The first-order chi connectivity index (χ1) is 10.5. The molecule has 0 aromatic carbocycles. The molecule has 1 saturated heterocycles. The average Bonchev–Trinajstić information content (AvgIpc) is 2.77. The third-order valence-electron chi connectivity index (χ3n) is 3.55. The lowest BCUT2D eigenvalue weighted by Crippen LogP contribution is -2.36. The van der Waals surface area contributed by atoms with Gasteiger partial charge in [-0.3, -0.25) is 4.57 Å². The summed E-state index contributed by atoms with van der Waals surface area (Å²) in [5.74, 6) is 0.0837. The van der Waals surface area contributed by atoms with Gasteiger partial charge >= 0.3 is 5.69 Å². The number of nitrogens with two attached hydrogens (primary N) is 1. The van der Waals surface area contributed by atoms with Gasteiger partial charge in [0.25, 0.3) is 0 Å². The smallest absolute Gasteiger partial charge is 0.351 e. The van der Waals surface area contributed by atoms with Crippen LogP contribution in [0.15, 0.2) is 17.1 Å². The van der Waals surface area contributed by atoms with Gasteiger partial charge in [-0.15, -0.1) is 0 Å². The van der Waals surface area contributed by atoms with Crippen molar-refractivity contribution in [3.8, 4) is 0 Å². The molecule has 1 fully saturated rings. The Morgan fingerprint density at radius 3 is 2.77 bits per heavy atom. The molecule has 1 aromatic heterocycles. The van der Waals surface area contributed by atoms with E-state index in [1.54, 1.807) is 6.08 Å². The number of unbranched alkanes of at least 4 members (excludes halogenated alkanes) is 1. The predicted molar refractivity (Wildman–Crippen MR) is 79.9 cm³/mol. The highest BCUT2D eigenvalue weighted by molar-refractivity contribution is 5.59. The molecule has 0 unspecified atom stereocenters. The van der Waals surface area contributed by atoms with Crippen molar-refractivity contribution < 1.29 is 20.1 Å². The maximum atomic E-state index is 12.0. The Labute approximate surface area is 127 Å². The van der Waals surface area contributed by atoms with E-state index in [-0.39, 0.29) is 5.82 Å². The average molecular weight is 311 g/mol. The second kappa shape index (κ2) is 7.01. The molecule has 0 radical (unpaired) electrons. The van der Waals surface area contributed by atoms with E-state index in [2.05, 4.69) is 4.98 Å². The van der Waals surface area contributed by atoms with Gasteiger partial charge in [0.1, 0.15) is 24.1 Å². The summed E-state index contributed by atoms with van der Waals surface area (Å²) < 4.78 is 6.41. The lowest BCUT2D eigenvalue weighted by atomic mass is 10.1. The van der Waals surface area contributed by atoms with Crippen LogP contribution in [0.3, 0.4) is 0 Å². The van der Waals surface area contributed by atoms with Crippen LogP contribution >= 0.6 is 0 Å². The topological polar surface area (TPSA) is 131 Å². The summed E-state index contributed by atoms with van der Waals surface area (Å²) >= 11 is 0. The third kappa shape index (κ3) is 3.20. The molecule has 122 valence electrons. The van der Waals surface area contributed by atoms with Gasteiger partial charge < -0.3 is 25.8 Å². The minimum Gasteiger partial charge on any atom is -0.394 e. The van der Waals surface area contributed by atoms with Crippen molar-refractivity contribution in [2.75, 3.05) is 12.3 Å². The highest BCUT2D eigenvalue weighted by atomic mass is 16.6. The van der Waals surface area contributed by atoms with Gasteiger partial charge in [0, 0.05) is 11.8 Å². The number of allylic oxidation sites excluding steroid dienone is 1. The van der Waals surface area contributed by atoms with E-state index in [9.17, 15) is 15.0 Å². The van der Waals surface area contributed by atoms with Gasteiger partial charge in [0.05, 0.1) is 6.61 Å². The molecule has 1 aliphatic heterocycles. The summed E-state index contributed by atoms with van der Waals surface area (Å²) in [5, 5.41) is 28.9. The minimum atomic E-state index is -1.34. The van der Waals surface area contributed by atoms with Crippen molar-refractivity contribution in [1.82, 2.24) is 9.55 Å². The molecule has 22 heavy (non-hydrogen) atoms. The first kappa shape index (κ1) is 16.6. The van der Waals surface area contributed by atoms with Gasteiger partial charge in [0.2, 0.25) is 0 Å². The van der Waals surface area contributed by atoms with E-state index in [4.69, 9.17) is 15.6 Å². The van der Waals surface area contributed by atoms with Gasteiger partial charge in [0.15, 0.2) is 6.23 Å². The van der Waals surface area contributed by atoms with Crippen LogP contribution in [0.4, 0.5) is 5.82 Å². The van der Waals surface area contributed by atoms with Crippen molar-refractivity contribution in [3.05, 3.63) is 28.3 Å². The van der Waals surface area contributed by atoms with Crippen molar-refractivity contribution in [1.29, 1.82) is 0 Å². The molecular weight excluding hydrogens is 290 g/mol. The molecule has 0 amide bonds. The molecule has 2 rings (SSSR count). The van der Waals surface area contributed by atoms with Gasteiger partial charge in [-0.2, -0.15) is 4.98 Å². The number of rotatable bonds is 5. The number of aliphatic hydroxyl groups is 3. The fourth-order valence-electron chi connectivity index (χ4n) is 2.29. The van der Waals surface area contributed by atoms with Crippen LogP contribution in [0.25, 0.3) is 6.08 Å². The van der Waals surface area contributed by atoms with Crippen molar-refractivity contribution in [3.63, 3.8) is 0 Å². The highest BCUT2D eigenvalue weighted by Gasteiger charge is 2.43. The minimum absolute atomic E-state index is 0.0837. The first-order valence-electron chi connectivity index (χ1n) is 7.17. The maximum absolute atomic E-state index is 12.0. The van der Waals surface area contributed by atoms with Crippen molar-refractivity contribution in [2.24, 2.45) is 0 Å². The zero-order chi connectivity index (χ0) is 16.3. The van der Waals surface area contributed by atoms with Crippen molar-refractivity contribution >= 4 is 11.9 Å². The summed E-state index contributed by atoms with van der Waals surface area (Å²) in [6, 6.07) is 0. The fraction of sp³-hybridized carbons (Fsp3) is 0.571. The van der Waals surface area contributed by atoms with Crippen LogP contribution in [0.2, 0.25) is 0 Å². The number of hydrogen-bond acceptors (Lipinski definition) is 7. The van der Waals surface area contributed by atoms with Crippen LogP contribution in [-0.2, 0) is 4.74 Å². The fourth-order valence-corrected chi connectivity index (χ4v) is 2.29. The van der Waals surface area contributed by atoms with Gasteiger partial charge in [-0.1, -0.05) is 25.5 Å². The van der Waals surface area contributed by atoms with Crippen molar-refractivity contribution in [2.45, 2.75) is 44.3 Å². The largest absolute Gasteiger partial charge is 0.394 e. The number of ether oxygens (including phenoxy) is 1. The van der Waals surface area contributed by atoms with Crippen LogP contribution in [0.1, 0.15) is 31.6 Å². The third-order valence-corrected chi connectivity index (χ3v) is 3.55. The molecule has 0 spiro atoms. The quantitative estimate of drug-likeness (QED) is 0.562. The molecular formula is C14H21N3O5. The predicted octanol–water partition coefficient (Wildman–Crippen LogP) is -0.750. The van der Waals surface area contributed by atoms with Gasteiger partial charge in [-0.05, 0) is 6.42 Å². The summed E-state index contributed by atoms with van der Waals surface area (Å²) in [6.07, 6.45) is 2.20. The number of hydrogen-bond donors (Lipinski definition) is 4. The Bertz CT molecular complexity index is 601. The normalized spacial score (nSPS) is 28.5. The van der Waals surface area contributed by atoms with E-state index in [0.717, 1.165) is 17.4 Å². The zero-order valence-electron chi connectivity index (χ0n) is 12.3. The van der Waals surface area contributed by atoms with Crippen LogP contribution in [0, 0.1) is 0 Å². The lowest BCUT2D eigenvalue weighted by molar-refractivity contribution is -0.0549. The van der Waals surface area contributed by atoms with E-state index >= 15 is 0 Å². The van der Waals surface area contributed by atoms with Crippen LogP contribution in [-0.4, -0.2) is 49.8 Å². The highest BCUT2D eigenvalue weighted by Crippen LogP contribution is 2.28. The van der Waals surface area contributed by atoms with E-state index in [0.29, 0.717) is 5.56 Å². The number of aliphatic hydroxyl groups excluding tert-OH is 3. The second-order valence-corrected chi connectivity index (χ2v) is 5.19. The standard InChI is InChI=1S/C14H21N3O5/c1-2-3-4-5-8-6-17(14(21)16-12(8)15)13-11(20)10(19)9(7-18)22-13/h4-6,9-11,13,18-20H,2-3,7H2,1H3,(H2,15,16,21)/b5-4+/t9-,10-,11-,13-/m1/s1. The maximum Gasteiger partial charge on any atom is 0.351 e. The second-order valence-electron chi connectivity index (χ2n) is 5.19. The molecule has 4 atom stereocenters. The summed E-state index contributed by atoms with van der Waals surface area (Å²) in [5.41, 5.74) is 5.54. The molecule has 0 aliphatic carbocycles. The van der Waals surface area contributed by atoms with Crippen LogP contribution < -0.4 is 11.4 Å². The molecule has 1 aromatic rings. The van der Waals surface area contributed by atoms with Gasteiger partial charge in [-0.25, -0.2) is 4.79 Å². The Morgan fingerprint density at radius 1 is 1.45 bits per heavy atom. The molecule has 0 bridgehead atoms. The SMILES string of the molecule is CCC/C=C/c1cn([C@@H]2O[C@H](CO)[C@@H](O)[C@H]2O)c(=O)nc1N. The number of anilines is 1.